The van der Waals surface area contributed by atoms with Crippen molar-refractivity contribution in [2.45, 2.75) is 51.1 Å². The summed E-state index contributed by atoms with van der Waals surface area (Å²) in [5, 5.41) is 3.34. The van der Waals surface area contributed by atoms with Crippen molar-refractivity contribution < 1.29 is 22.0 Å². The lowest BCUT2D eigenvalue weighted by molar-refractivity contribution is -0.137. The van der Waals surface area contributed by atoms with E-state index in [0.29, 0.717) is 37.5 Å². The third-order valence-corrected chi connectivity index (χ3v) is 5.57. The highest BCUT2D eigenvalue weighted by Crippen LogP contribution is 2.31. The van der Waals surface area contributed by atoms with E-state index in [9.17, 15) is 22.0 Å². The van der Waals surface area contributed by atoms with E-state index in [-0.39, 0.29) is 11.4 Å². The molecule has 0 bridgehead atoms. The van der Waals surface area contributed by atoms with Gasteiger partial charge >= 0.3 is 6.18 Å². The molecule has 0 aromatic heterocycles. The summed E-state index contributed by atoms with van der Waals surface area (Å²) in [5.74, 6) is -0.277. The molecule has 0 aliphatic carbocycles. The molecule has 2 aromatic carbocycles. The van der Waals surface area contributed by atoms with Crippen LogP contribution in [0.2, 0.25) is 0 Å². The fourth-order valence-electron chi connectivity index (χ4n) is 4.02. The third-order valence-electron chi connectivity index (χ3n) is 5.57. The quantitative estimate of drug-likeness (QED) is 0.561. The Morgan fingerprint density at radius 3 is 2.23 bits per heavy atom. The molecule has 30 heavy (non-hydrogen) atoms. The van der Waals surface area contributed by atoms with E-state index in [1.165, 1.54) is 18.2 Å². The lowest BCUT2D eigenvalue weighted by Gasteiger charge is -2.35. The number of nitrogens with zero attached hydrogens (tertiary/aromatic N) is 1. The molecule has 0 spiro atoms. The monoisotopic (exact) mass is 426 g/mol. The number of rotatable bonds is 8. The summed E-state index contributed by atoms with van der Waals surface area (Å²) in [4.78, 5) is 2.33. The number of benzene rings is 2. The van der Waals surface area contributed by atoms with E-state index in [0.717, 1.165) is 43.6 Å². The van der Waals surface area contributed by atoms with Gasteiger partial charge in [-0.05, 0) is 86.3 Å². The van der Waals surface area contributed by atoms with Crippen molar-refractivity contribution in [1.82, 2.24) is 10.2 Å². The van der Waals surface area contributed by atoms with Crippen molar-refractivity contribution in [3.8, 4) is 0 Å². The van der Waals surface area contributed by atoms with Gasteiger partial charge in [0.1, 0.15) is 12.5 Å². The van der Waals surface area contributed by atoms with E-state index in [1.54, 1.807) is 12.1 Å². The molecule has 164 valence electrons. The zero-order valence-corrected chi connectivity index (χ0v) is 16.8. The van der Waals surface area contributed by atoms with E-state index < -0.39 is 18.4 Å². The minimum atomic E-state index is -4.48. The van der Waals surface area contributed by atoms with E-state index in [1.807, 2.05) is 0 Å². The predicted octanol–water partition coefficient (Wildman–Crippen LogP) is 5.50. The van der Waals surface area contributed by atoms with E-state index in [2.05, 4.69) is 10.2 Å². The van der Waals surface area contributed by atoms with Crippen molar-refractivity contribution >= 4 is 0 Å². The summed E-state index contributed by atoms with van der Waals surface area (Å²) < 4.78 is 65.5. The smallest absolute Gasteiger partial charge is 0.317 e. The first kappa shape index (κ1) is 22.7. The summed E-state index contributed by atoms with van der Waals surface area (Å²) in [6.07, 6.45) is -1.38. The average Bonchev–Trinajstić information content (AvgIpc) is 2.74. The van der Waals surface area contributed by atoms with Gasteiger partial charge in [-0.1, -0.05) is 18.2 Å². The van der Waals surface area contributed by atoms with Gasteiger partial charge in [0.2, 0.25) is 0 Å². The van der Waals surface area contributed by atoms with Crippen LogP contribution in [0.15, 0.2) is 42.5 Å². The van der Waals surface area contributed by atoms with Crippen LogP contribution in [0.5, 0.6) is 0 Å². The van der Waals surface area contributed by atoms with Crippen LogP contribution in [-0.2, 0) is 25.8 Å². The van der Waals surface area contributed by atoms with E-state index >= 15 is 0 Å². The summed E-state index contributed by atoms with van der Waals surface area (Å²) in [7, 11) is 0. The minimum absolute atomic E-state index is 0.0568. The first-order valence-corrected chi connectivity index (χ1v) is 10.3. The largest absolute Gasteiger partial charge is 0.416 e. The molecule has 0 saturated carbocycles. The average molecular weight is 426 g/mol. The maximum Gasteiger partial charge on any atom is 0.416 e. The van der Waals surface area contributed by atoms with Crippen LogP contribution >= 0.6 is 0 Å². The number of nitrogens with one attached hydrogen (secondary N) is 1. The second kappa shape index (κ2) is 10.4. The molecule has 2 nitrogen and oxygen atoms in total. The Morgan fingerprint density at radius 2 is 1.60 bits per heavy atom. The first-order chi connectivity index (χ1) is 14.3. The number of hydrogen-bond acceptors (Lipinski definition) is 2. The van der Waals surface area contributed by atoms with Gasteiger partial charge in [0.15, 0.2) is 0 Å². The molecule has 1 heterocycles. The normalized spacial score (nSPS) is 15.7. The van der Waals surface area contributed by atoms with Crippen LogP contribution in [0.1, 0.15) is 41.5 Å². The third kappa shape index (κ3) is 6.51. The minimum Gasteiger partial charge on any atom is -0.317 e. The van der Waals surface area contributed by atoms with E-state index in [4.69, 9.17) is 0 Å². The molecule has 1 aliphatic heterocycles. The maximum absolute atomic E-state index is 13.2. The summed E-state index contributed by atoms with van der Waals surface area (Å²) >= 11 is 0. The van der Waals surface area contributed by atoms with Gasteiger partial charge in [-0.2, -0.15) is 13.2 Å². The molecule has 1 fully saturated rings. The van der Waals surface area contributed by atoms with Gasteiger partial charge < -0.3 is 5.32 Å². The maximum atomic E-state index is 13.2. The Labute approximate surface area is 174 Å². The topological polar surface area (TPSA) is 15.3 Å². The van der Waals surface area contributed by atoms with Crippen molar-refractivity contribution in [2.24, 2.45) is 0 Å². The molecule has 0 radical (unpaired) electrons. The van der Waals surface area contributed by atoms with Crippen LogP contribution < -0.4 is 5.32 Å². The molecule has 2 aromatic rings. The van der Waals surface area contributed by atoms with Gasteiger partial charge in [-0.3, -0.25) is 4.90 Å². The lowest BCUT2D eigenvalue weighted by atomic mass is 10.0. The second-order valence-corrected chi connectivity index (χ2v) is 7.85. The Balaban J connectivity index is 1.67. The second-order valence-electron chi connectivity index (χ2n) is 7.85. The number of alkyl halides is 4. The molecular formula is C23H27F5N2. The van der Waals surface area contributed by atoms with Crippen LogP contribution in [0.3, 0.4) is 0 Å². The number of piperidine rings is 1. The predicted molar refractivity (Wildman–Crippen MR) is 107 cm³/mol. The Hall–Kier alpha value is -1.99. The summed E-state index contributed by atoms with van der Waals surface area (Å²) in [6, 6.07) is 10.3. The van der Waals surface area contributed by atoms with Gasteiger partial charge in [-0.15, -0.1) is 0 Å². The van der Waals surface area contributed by atoms with Gasteiger partial charge in [-0.25, -0.2) is 8.78 Å². The molecule has 0 atom stereocenters. The van der Waals surface area contributed by atoms with Gasteiger partial charge in [0.05, 0.1) is 5.56 Å². The number of halogens is 5. The number of hydrogen-bond donors (Lipinski definition) is 1. The molecule has 1 N–H and O–H groups in total. The standard InChI is InChI=1S/C23H27F5N2/c24-15-19-12-18(13-20(14-19)23(26,27)28)2-1-11-30(22-7-9-29-10-8-22)16-17-3-5-21(25)6-4-17/h3-6,12-14,22,29H,1-2,7-11,15-16H2. The van der Waals surface area contributed by atoms with Crippen molar-refractivity contribution in [3.05, 3.63) is 70.5 Å². The molecule has 0 unspecified atom stereocenters. The highest BCUT2D eigenvalue weighted by atomic mass is 19.4. The van der Waals surface area contributed by atoms with Crippen LogP contribution in [0.25, 0.3) is 0 Å². The van der Waals surface area contributed by atoms with Crippen molar-refractivity contribution in [1.29, 1.82) is 0 Å². The molecule has 3 rings (SSSR count). The lowest BCUT2D eigenvalue weighted by Crippen LogP contribution is -2.43. The highest BCUT2D eigenvalue weighted by Gasteiger charge is 2.31. The summed E-state index contributed by atoms with van der Waals surface area (Å²) in [5.41, 5.74) is 0.772. The molecule has 1 aliphatic rings. The SMILES string of the molecule is FCc1cc(CCCN(Cc2ccc(F)cc2)C2CCNCC2)cc(C(F)(F)F)c1. The van der Waals surface area contributed by atoms with Crippen molar-refractivity contribution in [2.75, 3.05) is 19.6 Å². The number of aryl methyl sites for hydroxylation is 1. The zero-order valence-electron chi connectivity index (χ0n) is 16.8. The fraction of sp³-hybridized carbons (Fsp3) is 0.478. The van der Waals surface area contributed by atoms with Gasteiger partial charge in [0, 0.05) is 12.6 Å². The first-order valence-electron chi connectivity index (χ1n) is 10.3. The molecule has 7 heteroatoms. The van der Waals surface area contributed by atoms with Crippen LogP contribution in [0.4, 0.5) is 22.0 Å². The molecule has 0 amide bonds. The van der Waals surface area contributed by atoms with Crippen molar-refractivity contribution in [3.63, 3.8) is 0 Å². The molecule has 1 saturated heterocycles. The zero-order chi connectivity index (χ0) is 21.6. The summed E-state index contributed by atoms with van der Waals surface area (Å²) in [6.45, 7) is 2.32. The van der Waals surface area contributed by atoms with Gasteiger partial charge in [0.25, 0.3) is 0 Å². The Bertz CT molecular complexity index is 798. The van der Waals surface area contributed by atoms with Crippen LogP contribution in [-0.4, -0.2) is 30.6 Å². The highest BCUT2D eigenvalue weighted by molar-refractivity contribution is 5.32. The Morgan fingerprint density at radius 1 is 0.933 bits per heavy atom. The molecular weight excluding hydrogens is 399 g/mol. The Kier molecular flexibility index (Phi) is 7.83. The fourth-order valence-corrected chi connectivity index (χ4v) is 4.02. The van der Waals surface area contributed by atoms with Crippen LogP contribution in [0, 0.1) is 5.82 Å².